The van der Waals surface area contributed by atoms with Crippen molar-refractivity contribution in [1.29, 1.82) is 0 Å². The Morgan fingerprint density at radius 1 is 1.50 bits per heavy atom. The van der Waals surface area contributed by atoms with Gasteiger partial charge in [0.25, 0.3) is 5.69 Å². The number of anilines is 1. The van der Waals surface area contributed by atoms with Crippen molar-refractivity contribution in [2.75, 3.05) is 5.32 Å². The highest BCUT2D eigenvalue weighted by atomic mass is 127. The standard InChI is InChI=1S/C10H12IN3O2/c11-9-5-8(14(15)16)1-2-10(9)13-7-3-6(12)4-7/h1-2,5-7,13H,3-4,12H2. The van der Waals surface area contributed by atoms with E-state index in [0.29, 0.717) is 12.1 Å². The van der Waals surface area contributed by atoms with Crippen LogP contribution in [-0.4, -0.2) is 17.0 Å². The highest BCUT2D eigenvalue weighted by Crippen LogP contribution is 2.28. The number of non-ortho nitro benzene ring substituents is 1. The highest BCUT2D eigenvalue weighted by Gasteiger charge is 2.26. The molecule has 0 unspecified atom stereocenters. The van der Waals surface area contributed by atoms with Gasteiger partial charge in [-0.3, -0.25) is 10.1 Å². The van der Waals surface area contributed by atoms with Crippen LogP contribution in [0.4, 0.5) is 11.4 Å². The maximum absolute atomic E-state index is 10.6. The number of nitrogens with zero attached hydrogens (tertiary/aromatic N) is 1. The molecule has 0 spiro atoms. The number of nitro groups is 1. The van der Waals surface area contributed by atoms with Gasteiger partial charge in [0.15, 0.2) is 0 Å². The van der Waals surface area contributed by atoms with Crippen molar-refractivity contribution in [3.63, 3.8) is 0 Å². The van der Waals surface area contributed by atoms with Crippen molar-refractivity contribution >= 4 is 34.0 Å². The number of rotatable bonds is 3. The molecule has 0 aromatic heterocycles. The average Bonchev–Trinajstić information content (AvgIpc) is 2.18. The summed E-state index contributed by atoms with van der Waals surface area (Å²) in [5.41, 5.74) is 6.77. The van der Waals surface area contributed by atoms with Gasteiger partial charge < -0.3 is 11.1 Å². The third-order valence-corrected chi connectivity index (χ3v) is 3.59. The molecule has 0 bridgehead atoms. The summed E-state index contributed by atoms with van der Waals surface area (Å²) < 4.78 is 0.868. The van der Waals surface area contributed by atoms with E-state index in [2.05, 4.69) is 27.9 Å². The molecule has 5 nitrogen and oxygen atoms in total. The molecule has 0 heterocycles. The van der Waals surface area contributed by atoms with E-state index in [1.807, 2.05) is 0 Å². The molecule has 3 N–H and O–H groups in total. The van der Waals surface area contributed by atoms with E-state index in [1.54, 1.807) is 12.1 Å². The van der Waals surface area contributed by atoms with E-state index in [9.17, 15) is 10.1 Å². The van der Waals surface area contributed by atoms with E-state index in [4.69, 9.17) is 5.73 Å². The van der Waals surface area contributed by atoms with E-state index in [-0.39, 0.29) is 10.6 Å². The Hall–Kier alpha value is -0.890. The van der Waals surface area contributed by atoms with Gasteiger partial charge in [-0.1, -0.05) is 0 Å². The van der Waals surface area contributed by atoms with Gasteiger partial charge in [-0.2, -0.15) is 0 Å². The number of nitro benzene ring substituents is 1. The lowest BCUT2D eigenvalue weighted by Gasteiger charge is -2.34. The number of nitrogens with one attached hydrogen (secondary N) is 1. The maximum atomic E-state index is 10.6. The van der Waals surface area contributed by atoms with E-state index in [0.717, 1.165) is 22.1 Å². The molecule has 86 valence electrons. The van der Waals surface area contributed by atoms with Crippen molar-refractivity contribution < 1.29 is 4.92 Å². The molecule has 1 fully saturated rings. The molecule has 6 heteroatoms. The molecule has 1 aliphatic rings. The minimum absolute atomic E-state index is 0.125. The van der Waals surface area contributed by atoms with Crippen LogP contribution in [0.5, 0.6) is 0 Å². The van der Waals surface area contributed by atoms with Gasteiger partial charge in [-0.25, -0.2) is 0 Å². The van der Waals surface area contributed by atoms with Crippen molar-refractivity contribution in [2.24, 2.45) is 5.73 Å². The number of hydrogen-bond acceptors (Lipinski definition) is 4. The molecular formula is C10H12IN3O2. The van der Waals surface area contributed by atoms with Gasteiger partial charge in [0.2, 0.25) is 0 Å². The monoisotopic (exact) mass is 333 g/mol. The quantitative estimate of drug-likeness (QED) is 0.504. The molecule has 1 aromatic rings. The van der Waals surface area contributed by atoms with Gasteiger partial charge in [0, 0.05) is 33.5 Å². The van der Waals surface area contributed by atoms with Crippen molar-refractivity contribution in [3.05, 3.63) is 31.9 Å². The summed E-state index contributed by atoms with van der Waals surface area (Å²) in [4.78, 5) is 10.2. The summed E-state index contributed by atoms with van der Waals surface area (Å²) in [6, 6.07) is 5.55. The van der Waals surface area contributed by atoms with Crippen LogP contribution >= 0.6 is 22.6 Å². The zero-order valence-corrected chi connectivity index (χ0v) is 10.7. The van der Waals surface area contributed by atoms with E-state index < -0.39 is 0 Å². The Labute approximate surface area is 107 Å². The molecule has 16 heavy (non-hydrogen) atoms. The second kappa shape index (κ2) is 4.54. The molecule has 2 rings (SSSR count). The normalized spacial score (nSPS) is 23.6. The van der Waals surface area contributed by atoms with Gasteiger partial charge in [-0.15, -0.1) is 0 Å². The first-order valence-electron chi connectivity index (χ1n) is 5.02. The van der Waals surface area contributed by atoms with Crippen LogP contribution < -0.4 is 11.1 Å². The van der Waals surface area contributed by atoms with Gasteiger partial charge in [0.05, 0.1) is 4.92 Å². The zero-order chi connectivity index (χ0) is 11.7. The molecule has 0 atom stereocenters. The number of benzene rings is 1. The average molecular weight is 333 g/mol. The molecular weight excluding hydrogens is 321 g/mol. The summed E-state index contributed by atoms with van der Waals surface area (Å²) in [5.74, 6) is 0. The Kier molecular flexibility index (Phi) is 3.29. The number of hydrogen-bond donors (Lipinski definition) is 2. The van der Waals surface area contributed by atoms with Crippen LogP contribution in [0.3, 0.4) is 0 Å². The molecule has 0 saturated heterocycles. The highest BCUT2D eigenvalue weighted by molar-refractivity contribution is 14.1. The molecule has 1 saturated carbocycles. The number of nitrogens with two attached hydrogens (primary N) is 1. The van der Waals surface area contributed by atoms with Crippen LogP contribution in [0, 0.1) is 13.7 Å². The third kappa shape index (κ3) is 2.43. The first-order chi connectivity index (χ1) is 7.56. The molecule has 0 radical (unpaired) electrons. The van der Waals surface area contributed by atoms with Gasteiger partial charge >= 0.3 is 0 Å². The second-order valence-electron chi connectivity index (χ2n) is 3.99. The molecule has 0 aliphatic heterocycles. The largest absolute Gasteiger partial charge is 0.381 e. The van der Waals surface area contributed by atoms with Crippen molar-refractivity contribution in [2.45, 2.75) is 24.9 Å². The minimum Gasteiger partial charge on any atom is -0.381 e. The smallest absolute Gasteiger partial charge is 0.270 e. The second-order valence-corrected chi connectivity index (χ2v) is 5.16. The van der Waals surface area contributed by atoms with Gasteiger partial charge in [-0.05, 0) is 41.5 Å². The summed E-state index contributed by atoms with van der Waals surface area (Å²) in [5, 5.41) is 13.9. The Morgan fingerprint density at radius 2 is 2.19 bits per heavy atom. The lowest BCUT2D eigenvalue weighted by atomic mass is 9.87. The fourth-order valence-electron chi connectivity index (χ4n) is 1.73. The molecule has 1 aromatic carbocycles. The van der Waals surface area contributed by atoms with Crippen LogP contribution in [0.2, 0.25) is 0 Å². The van der Waals surface area contributed by atoms with Crippen LogP contribution in [0.15, 0.2) is 18.2 Å². The summed E-state index contributed by atoms with van der Waals surface area (Å²) in [7, 11) is 0. The van der Waals surface area contributed by atoms with Crippen LogP contribution in [0.25, 0.3) is 0 Å². The molecule has 0 amide bonds. The Morgan fingerprint density at radius 3 is 2.69 bits per heavy atom. The van der Waals surface area contributed by atoms with E-state index >= 15 is 0 Å². The summed E-state index contributed by atoms with van der Waals surface area (Å²) in [6.45, 7) is 0. The van der Waals surface area contributed by atoms with Crippen LogP contribution in [0.1, 0.15) is 12.8 Å². The van der Waals surface area contributed by atoms with E-state index in [1.165, 1.54) is 6.07 Å². The van der Waals surface area contributed by atoms with Crippen LogP contribution in [-0.2, 0) is 0 Å². The predicted molar refractivity (Wildman–Crippen MR) is 70.4 cm³/mol. The first-order valence-corrected chi connectivity index (χ1v) is 6.10. The third-order valence-electron chi connectivity index (χ3n) is 2.70. The first kappa shape index (κ1) is 11.6. The number of halogens is 1. The SMILES string of the molecule is NC1CC(Nc2ccc([N+](=O)[O-])cc2I)C1. The Bertz CT molecular complexity index is 419. The van der Waals surface area contributed by atoms with Crippen molar-refractivity contribution in [1.82, 2.24) is 0 Å². The fourth-order valence-corrected chi connectivity index (χ4v) is 2.39. The van der Waals surface area contributed by atoms with Crippen molar-refractivity contribution in [3.8, 4) is 0 Å². The summed E-state index contributed by atoms with van der Waals surface area (Å²) in [6.07, 6.45) is 1.93. The lowest BCUT2D eigenvalue weighted by Crippen LogP contribution is -2.44. The van der Waals surface area contributed by atoms with Gasteiger partial charge in [0.1, 0.15) is 0 Å². The predicted octanol–water partition coefficient (Wildman–Crippen LogP) is 2.10. The topological polar surface area (TPSA) is 81.2 Å². The summed E-state index contributed by atoms with van der Waals surface area (Å²) >= 11 is 2.10. The maximum Gasteiger partial charge on any atom is 0.270 e. The minimum atomic E-state index is -0.384. The fraction of sp³-hybridized carbons (Fsp3) is 0.400. The Balaban J connectivity index is 2.07. The molecule has 1 aliphatic carbocycles. The lowest BCUT2D eigenvalue weighted by molar-refractivity contribution is -0.384. The zero-order valence-electron chi connectivity index (χ0n) is 8.52.